The van der Waals surface area contributed by atoms with Crippen LogP contribution in [0.4, 0.5) is 0 Å². The van der Waals surface area contributed by atoms with Gasteiger partial charge in [0.1, 0.15) is 0 Å². The first-order valence-electron chi connectivity index (χ1n) is 51.1. The van der Waals surface area contributed by atoms with Gasteiger partial charge in [-0.1, -0.05) is 166 Å². The summed E-state index contributed by atoms with van der Waals surface area (Å²) in [6, 6.07) is 5.99. The van der Waals surface area contributed by atoms with E-state index in [0.29, 0.717) is 16.9 Å². The molecule has 0 aliphatic carbocycles. The van der Waals surface area contributed by atoms with Crippen molar-refractivity contribution < 1.29 is 14.2 Å². The highest BCUT2D eigenvalue weighted by atomic mass is 16.5. The van der Waals surface area contributed by atoms with E-state index >= 15 is 0 Å². The van der Waals surface area contributed by atoms with Crippen LogP contribution in [-0.4, -0.2) is 265 Å². The van der Waals surface area contributed by atoms with Crippen LogP contribution in [0.15, 0.2) is 0 Å². The molecule has 8 aliphatic heterocycles. The van der Waals surface area contributed by atoms with Crippen LogP contribution >= 0.6 is 0 Å². The molecule has 8 saturated heterocycles. The van der Waals surface area contributed by atoms with Crippen LogP contribution in [0.5, 0.6) is 0 Å². The summed E-state index contributed by atoms with van der Waals surface area (Å²) in [4.78, 5) is 20.7. The van der Waals surface area contributed by atoms with Gasteiger partial charge in [-0.25, -0.2) is 0 Å². The van der Waals surface area contributed by atoms with E-state index in [0.717, 1.165) is 214 Å². The second kappa shape index (κ2) is 83.6. The zero-order valence-corrected chi connectivity index (χ0v) is 86.9. The Morgan fingerprint density at radius 2 is 0.376 bits per heavy atom. The average molecular weight is 1670 g/mol. The van der Waals surface area contributed by atoms with E-state index in [9.17, 15) is 0 Å². The highest BCUT2D eigenvalue weighted by molar-refractivity contribution is 4.90. The molecule has 16 atom stereocenters. The Hall–Kier alpha value is -0.640. The van der Waals surface area contributed by atoms with Crippen molar-refractivity contribution in [2.45, 2.75) is 426 Å². The fourth-order valence-electron chi connectivity index (χ4n) is 18.2. The van der Waals surface area contributed by atoms with E-state index < -0.39 is 0 Å². The van der Waals surface area contributed by atoms with Crippen LogP contribution < -0.4 is 28.7 Å². The van der Waals surface area contributed by atoms with Crippen LogP contribution in [-0.2, 0) is 14.2 Å². The van der Waals surface area contributed by atoms with Crippen molar-refractivity contribution in [2.75, 3.05) is 177 Å². The van der Waals surface area contributed by atoms with E-state index in [2.05, 4.69) is 198 Å². The number of piperidine rings is 8. The number of hydrogen-bond acceptors (Lipinski definition) is 16. The number of rotatable bonds is 27. The normalized spacial score (nSPS) is 28.0. The molecule has 8 rings (SSSR count). The van der Waals surface area contributed by atoms with Crippen molar-refractivity contribution in [3.05, 3.63) is 0 Å². The Morgan fingerprint density at radius 3 is 0.530 bits per heavy atom. The average Bonchev–Trinajstić information content (AvgIpc) is 0.912. The standard InChI is InChI=1S/C14H29NO.C13H28N2.2C11H23NO.4C10H22N2.6C2H6/c1-6-16-11-10-15-9-7-8-13(12(15)2)14(3,4)5;1-11-12(13(2,3)4)7-5-9-15(11)10-6-8-14;2*1-4-13-9-8-12-7-5-6-10(2)11(12)3;4*1-9-5-3-7-12(10(9)2)8-4-6-11;6*1-2/h12-13H,6-11H2,1-5H3;11-12H,5-10,14H2,1-4H3;2*10-11H,4-9H2,1-3H3;4*9-10H,3-8,11H2,1-2H3;6*1-2H3/t;;10-,11+;10-,11-;2*9-,10+;2*9-,10-;;;;;;/m..111010....../s1. The number of hydrogen-bond donors (Lipinski definition) is 5. The third kappa shape index (κ3) is 59.1. The van der Waals surface area contributed by atoms with Crippen LogP contribution in [0.25, 0.3) is 0 Å². The predicted molar refractivity (Wildman–Crippen MR) is 529 cm³/mol. The molecule has 714 valence electrons. The molecular formula is C101H227N13O3. The topological polar surface area (TPSA) is 184 Å². The lowest BCUT2D eigenvalue weighted by atomic mass is 9.72. The molecule has 0 saturated carbocycles. The predicted octanol–water partition coefficient (Wildman–Crippen LogP) is 21.9. The van der Waals surface area contributed by atoms with Crippen molar-refractivity contribution in [3.63, 3.8) is 0 Å². The zero-order chi connectivity index (χ0) is 90.9. The van der Waals surface area contributed by atoms with Gasteiger partial charge in [-0.2, -0.15) is 0 Å². The zero-order valence-electron chi connectivity index (χ0n) is 86.9. The summed E-state index contributed by atoms with van der Waals surface area (Å²) < 4.78 is 16.2. The molecule has 117 heavy (non-hydrogen) atoms. The lowest BCUT2D eigenvalue weighted by Crippen LogP contribution is -2.48. The molecule has 0 spiro atoms. The minimum Gasteiger partial charge on any atom is -0.380 e. The van der Waals surface area contributed by atoms with Gasteiger partial charge in [0.05, 0.1) is 19.8 Å². The van der Waals surface area contributed by atoms with Crippen molar-refractivity contribution >= 4 is 0 Å². The fraction of sp³-hybridized carbons (Fsp3) is 1.00. The Kier molecular flexibility index (Phi) is 90.8. The van der Waals surface area contributed by atoms with Crippen LogP contribution in [0.1, 0.15) is 377 Å². The van der Waals surface area contributed by atoms with Gasteiger partial charge in [0.25, 0.3) is 0 Å². The molecular weight excluding hydrogens is 1440 g/mol. The second-order valence-electron chi connectivity index (χ2n) is 36.5. The molecule has 10 N–H and O–H groups in total. The first-order chi connectivity index (χ1) is 55.9. The van der Waals surface area contributed by atoms with Crippen molar-refractivity contribution in [3.8, 4) is 0 Å². The van der Waals surface area contributed by atoms with Gasteiger partial charge in [0.15, 0.2) is 0 Å². The van der Waals surface area contributed by atoms with Crippen LogP contribution in [0.2, 0.25) is 0 Å². The van der Waals surface area contributed by atoms with E-state index in [1.54, 1.807) is 0 Å². The third-order valence-electron chi connectivity index (χ3n) is 26.9. The van der Waals surface area contributed by atoms with Crippen molar-refractivity contribution in [2.24, 2.45) is 86.8 Å². The SMILES string of the molecule is CC.CC.CC.CC.CC.CC.CC1C(C(C)(C)C)CCCN1CCCN.CCOCCN1CCCC(C(C)(C)C)C1C.CCOCCN1CCC[C@@H](C)[C@@H]1C.CCOCCN1CCC[C@@H](C)[C@H]1C.C[C@@H]1CCCN(CCCN)[C@@H]1C.C[C@@H]1CCCN(CCCN)[C@H]1C.C[C@@H]1[C@@H](C)CCCN1CCCN.C[C@H]1CCCN(CCCN)[C@H]1C. The Morgan fingerprint density at radius 1 is 0.231 bits per heavy atom. The van der Waals surface area contributed by atoms with E-state index in [-0.39, 0.29) is 0 Å². The van der Waals surface area contributed by atoms with Gasteiger partial charge in [0.2, 0.25) is 0 Å². The first-order valence-corrected chi connectivity index (χ1v) is 51.1. The molecule has 0 amide bonds. The monoisotopic (exact) mass is 1670 g/mol. The van der Waals surface area contributed by atoms with Gasteiger partial charge < -0.3 is 67.4 Å². The van der Waals surface area contributed by atoms with E-state index in [1.807, 2.05) is 83.1 Å². The summed E-state index contributed by atoms with van der Waals surface area (Å²) in [6.45, 7) is 106. The minimum atomic E-state index is 0.434. The van der Waals surface area contributed by atoms with Gasteiger partial charge in [-0.05, 0) is 387 Å². The summed E-state index contributed by atoms with van der Waals surface area (Å²) in [6.07, 6.45) is 27.8. The Bertz CT molecular complexity index is 1820. The van der Waals surface area contributed by atoms with Crippen LogP contribution in [0, 0.1) is 58.2 Å². The summed E-state index contributed by atoms with van der Waals surface area (Å²) in [5.74, 6) is 6.86. The molecule has 0 radical (unpaired) electrons. The molecule has 0 aromatic rings. The molecule has 16 nitrogen and oxygen atoms in total. The molecule has 8 fully saturated rings. The number of nitrogens with zero attached hydrogens (tertiary/aromatic N) is 8. The number of nitrogens with two attached hydrogens (primary N) is 5. The molecule has 16 heteroatoms. The number of likely N-dealkylation sites (tertiary alicyclic amines) is 8. The molecule has 8 aliphatic rings. The smallest absolute Gasteiger partial charge is 0.0593 e. The van der Waals surface area contributed by atoms with Crippen molar-refractivity contribution in [1.82, 2.24) is 39.2 Å². The molecule has 4 unspecified atom stereocenters. The maximum atomic E-state index is 5.58. The second-order valence-corrected chi connectivity index (χ2v) is 36.5. The van der Waals surface area contributed by atoms with Gasteiger partial charge >= 0.3 is 0 Å². The van der Waals surface area contributed by atoms with E-state index in [4.69, 9.17) is 42.9 Å². The highest BCUT2D eigenvalue weighted by Gasteiger charge is 2.37. The Balaban J connectivity index is -0.000000295. The van der Waals surface area contributed by atoms with E-state index in [1.165, 1.54) is 188 Å². The van der Waals surface area contributed by atoms with Gasteiger partial charge in [-0.3, -0.25) is 14.7 Å². The highest BCUT2D eigenvalue weighted by Crippen LogP contribution is 2.39. The fourth-order valence-corrected chi connectivity index (χ4v) is 18.2. The third-order valence-corrected chi connectivity index (χ3v) is 26.9. The molecule has 0 aromatic heterocycles. The summed E-state index contributed by atoms with van der Waals surface area (Å²) in [5.41, 5.74) is 28.5. The first kappa shape index (κ1) is 127. The summed E-state index contributed by atoms with van der Waals surface area (Å²) >= 11 is 0. The minimum absolute atomic E-state index is 0.434. The maximum absolute atomic E-state index is 5.58. The van der Waals surface area contributed by atoms with Crippen molar-refractivity contribution in [1.29, 1.82) is 0 Å². The van der Waals surface area contributed by atoms with Gasteiger partial charge in [-0.15, -0.1) is 0 Å². The molecule has 0 aromatic carbocycles. The number of ether oxygens (including phenoxy) is 3. The van der Waals surface area contributed by atoms with Crippen LogP contribution in [0.3, 0.4) is 0 Å². The quantitative estimate of drug-likeness (QED) is 0.0489. The maximum Gasteiger partial charge on any atom is 0.0593 e. The Labute approximate surface area is 738 Å². The summed E-state index contributed by atoms with van der Waals surface area (Å²) in [5, 5.41) is 0. The largest absolute Gasteiger partial charge is 0.380 e. The summed E-state index contributed by atoms with van der Waals surface area (Å²) in [7, 11) is 0. The lowest BCUT2D eigenvalue weighted by molar-refractivity contribution is 0.0200. The lowest BCUT2D eigenvalue weighted by Gasteiger charge is -2.45. The molecule has 8 heterocycles. The molecule has 0 bridgehead atoms. The van der Waals surface area contributed by atoms with Gasteiger partial charge in [0, 0.05) is 87.8 Å².